The van der Waals surface area contributed by atoms with E-state index in [0.717, 1.165) is 36.9 Å². The van der Waals surface area contributed by atoms with E-state index < -0.39 is 0 Å². The molecule has 0 aliphatic carbocycles. The van der Waals surface area contributed by atoms with E-state index in [1.165, 1.54) is 0 Å². The van der Waals surface area contributed by atoms with Gasteiger partial charge in [0, 0.05) is 36.6 Å². The molecule has 4 nitrogen and oxygen atoms in total. The Kier molecular flexibility index (Phi) is 5.34. The molecule has 1 aliphatic rings. The fourth-order valence-corrected chi connectivity index (χ4v) is 2.62. The van der Waals surface area contributed by atoms with Crippen LogP contribution in [0.1, 0.15) is 36.5 Å². The molecule has 2 rings (SSSR count). The summed E-state index contributed by atoms with van der Waals surface area (Å²) in [5, 5.41) is 0. The van der Waals surface area contributed by atoms with Crippen LogP contribution in [0.25, 0.3) is 0 Å². The Morgan fingerprint density at radius 1 is 1.58 bits per heavy atom. The summed E-state index contributed by atoms with van der Waals surface area (Å²) in [6, 6.07) is 1.81. The number of pyridine rings is 1. The first-order valence-electron chi connectivity index (χ1n) is 6.72. The first kappa shape index (κ1) is 14.5. The zero-order valence-electron chi connectivity index (χ0n) is 11.1. The van der Waals surface area contributed by atoms with Crippen molar-refractivity contribution in [2.45, 2.75) is 32.3 Å². The predicted molar refractivity (Wildman–Crippen MR) is 77.1 cm³/mol. The number of hydrogen-bond donors (Lipinski definition) is 0. The summed E-state index contributed by atoms with van der Waals surface area (Å²) in [5.41, 5.74) is 0.630. The van der Waals surface area contributed by atoms with Crippen LogP contribution in [0.15, 0.2) is 22.9 Å². The number of halogens is 1. The highest BCUT2D eigenvalue weighted by molar-refractivity contribution is 9.10. The lowest BCUT2D eigenvalue weighted by Crippen LogP contribution is -2.43. The van der Waals surface area contributed by atoms with Gasteiger partial charge in [-0.3, -0.25) is 9.78 Å². The molecule has 0 aromatic carbocycles. The summed E-state index contributed by atoms with van der Waals surface area (Å²) < 4.78 is 6.58. The van der Waals surface area contributed by atoms with Crippen molar-refractivity contribution >= 4 is 21.8 Å². The molecule has 1 aromatic rings. The van der Waals surface area contributed by atoms with E-state index in [1.54, 1.807) is 12.4 Å². The second-order valence-electron chi connectivity index (χ2n) is 4.78. The van der Waals surface area contributed by atoms with E-state index in [-0.39, 0.29) is 12.0 Å². The van der Waals surface area contributed by atoms with Gasteiger partial charge < -0.3 is 9.64 Å². The zero-order chi connectivity index (χ0) is 13.7. The van der Waals surface area contributed by atoms with Gasteiger partial charge >= 0.3 is 0 Å². The molecule has 1 aliphatic heterocycles. The molecule has 1 atom stereocenters. The molecular formula is C14H19BrN2O2. The van der Waals surface area contributed by atoms with Crippen LogP contribution in [-0.4, -0.2) is 41.6 Å². The van der Waals surface area contributed by atoms with E-state index >= 15 is 0 Å². The number of hydrogen-bond acceptors (Lipinski definition) is 3. The van der Waals surface area contributed by atoms with Crippen LogP contribution in [0.4, 0.5) is 0 Å². The van der Waals surface area contributed by atoms with E-state index in [0.29, 0.717) is 12.1 Å². The van der Waals surface area contributed by atoms with Crippen LogP contribution in [0, 0.1) is 0 Å². The van der Waals surface area contributed by atoms with Gasteiger partial charge in [-0.2, -0.15) is 0 Å². The monoisotopic (exact) mass is 326 g/mol. The molecule has 1 saturated heterocycles. The maximum atomic E-state index is 12.4. The van der Waals surface area contributed by atoms with Crippen molar-refractivity contribution in [2.75, 3.05) is 19.7 Å². The Morgan fingerprint density at radius 2 is 2.42 bits per heavy atom. The second-order valence-corrected chi connectivity index (χ2v) is 5.69. The van der Waals surface area contributed by atoms with Crippen molar-refractivity contribution in [1.82, 2.24) is 9.88 Å². The van der Waals surface area contributed by atoms with Crippen molar-refractivity contribution in [2.24, 2.45) is 0 Å². The van der Waals surface area contributed by atoms with Crippen molar-refractivity contribution in [3.05, 3.63) is 28.5 Å². The van der Waals surface area contributed by atoms with Crippen LogP contribution in [0.3, 0.4) is 0 Å². The number of carbonyl (C=O) groups excluding carboxylic acids is 1. The van der Waals surface area contributed by atoms with E-state index in [2.05, 4.69) is 27.8 Å². The third-order valence-electron chi connectivity index (χ3n) is 3.17. The molecule has 19 heavy (non-hydrogen) atoms. The molecular weight excluding hydrogens is 308 g/mol. The van der Waals surface area contributed by atoms with Crippen molar-refractivity contribution in [1.29, 1.82) is 0 Å². The first-order valence-corrected chi connectivity index (χ1v) is 7.51. The Balaban J connectivity index is 1.99. The summed E-state index contributed by atoms with van der Waals surface area (Å²) in [4.78, 5) is 18.3. The highest BCUT2D eigenvalue weighted by atomic mass is 79.9. The van der Waals surface area contributed by atoms with Crippen molar-refractivity contribution in [3.63, 3.8) is 0 Å². The smallest absolute Gasteiger partial charge is 0.255 e. The highest BCUT2D eigenvalue weighted by Gasteiger charge is 2.25. The third-order valence-corrected chi connectivity index (χ3v) is 3.61. The Bertz CT molecular complexity index is 439. The number of ether oxygens (including phenoxy) is 1. The van der Waals surface area contributed by atoms with Gasteiger partial charge in [-0.1, -0.05) is 6.92 Å². The third kappa shape index (κ3) is 4.01. The van der Waals surface area contributed by atoms with Crippen LogP contribution < -0.4 is 0 Å². The summed E-state index contributed by atoms with van der Waals surface area (Å²) in [6.07, 6.45) is 6.53. The van der Waals surface area contributed by atoms with Crippen LogP contribution in [-0.2, 0) is 4.74 Å². The number of rotatable bonds is 4. The normalized spacial score (nSPS) is 19.5. The molecule has 1 amide bonds. The number of likely N-dealkylation sites (tertiary alicyclic amines) is 1. The van der Waals surface area contributed by atoms with E-state index in [4.69, 9.17) is 4.74 Å². The van der Waals surface area contributed by atoms with Gasteiger partial charge in [0.15, 0.2) is 0 Å². The summed E-state index contributed by atoms with van der Waals surface area (Å²) in [5.74, 6) is 0.0404. The molecule has 0 saturated carbocycles. The summed E-state index contributed by atoms with van der Waals surface area (Å²) in [7, 11) is 0. The maximum Gasteiger partial charge on any atom is 0.255 e. The number of piperidine rings is 1. The van der Waals surface area contributed by atoms with E-state index in [1.807, 2.05) is 11.0 Å². The molecule has 0 radical (unpaired) electrons. The quantitative estimate of drug-likeness (QED) is 0.854. The molecule has 2 heterocycles. The first-order chi connectivity index (χ1) is 9.20. The Hall–Kier alpha value is -0.940. The Labute approximate surface area is 122 Å². The lowest BCUT2D eigenvalue weighted by atomic mass is 10.1. The lowest BCUT2D eigenvalue weighted by Gasteiger charge is -2.32. The van der Waals surface area contributed by atoms with Gasteiger partial charge in [-0.15, -0.1) is 0 Å². The summed E-state index contributed by atoms with van der Waals surface area (Å²) in [6.45, 7) is 4.35. The maximum absolute atomic E-state index is 12.4. The number of aromatic nitrogens is 1. The largest absolute Gasteiger partial charge is 0.376 e. The van der Waals surface area contributed by atoms with Gasteiger partial charge in [0.2, 0.25) is 0 Å². The molecule has 0 spiro atoms. The predicted octanol–water partition coefficient (Wildman–Crippen LogP) is 2.88. The zero-order valence-corrected chi connectivity index (χ0v) is 12.7. The molecule has 104 valence electrons. The van der Waals surface area contributed by atoms with Gasteiger partial charge in [0.25, 0.3) is 5.91 Å². The van der Waals surface area contributed by atoms with Gasteiger partial charge in [-0.25, -0.2) is 0 Å². The summed E-state index contributed by atoms with van der Waals surface area (Å²) >= 11 is 3.34. The second kappa shape index (κ2) is 7.01. The Morgan fingerprint density at radius 3 is 3.16 bits per heavy atom. The topological polar surface area (TPSA) is 42.4 Å². The minimum Gasteiger partial charge on any atom is -0.376 e. The van der Waals surface area contributed by atoms with Gasteiger partial charge in [-0.05, 0) is 41.3 Å². The van der Waals surface area contributed by atoms with Gasteiger partial charge in [0.1, 0.15) is 0 Å². The van der Waals surface area contributed by atoms with Crippen LogP contribution in [0.5, 0.6) is 0 Å². The van der Waals surface area contributed by atoms with E-state index in [9.17, 15) is 4.79 Å². The van der Waals surface area contributed by atoms with Crippen LogP contribution in [0.2, 0.25) is 0 Å². The standard InChI is InChI=1S/C14H19BrN2O2/c1-2-6-19-13-4-3-5-17(10-13)14(18)11-7-12(15)9-16-8-11/h7-9,13H,2-6,10H2,1H3. The minimum atomic E-state index is 0.0404. The van der Waals surface area contributed by atoms with Gasteiger partial charge in [0.05, 0.1) is 11.7 Å². The molecule has 1 aromatic heterocycles. The van der Waals surface area contributed by atoms with Crippen molar-refractivity contribution in [3.8, 4) is 0 Å². The molecule has 1 unspecified atom stereocenters. The van der Waals surface area contributed by atoms with Crippen molar-refractivity contribution < 1.29 is 9.53 Å². The average molecular weight is 327 g/mol. The molecule has 5 heteroatoms. The molecule has 0 bridgehead atoms. The molecule has 1 fully saturated rings. The lowest BCUT2D eigenvalue weighted by molar-refractivity contribution is 0.00209. The average Bonchev–Trinajstić information content (AvgIpc) is 2.44. The number of amides is 1. The fourth-order valence-electron chi connectivity index (χ4n) is 2.25. The molecule has 0 N–H and O–H groups in total. The number of nitrogens with zero attached hydrogens (tertiary/aromatic N) is 2. The highest BCUT2D eigenvalue weighted by Crippen LogP contribution is 2.17. The fraction of sp³-hybridized carbons (Fsp3) is 0.571. The number of carbonyl (C=O) groups is 1. The minimum absolute atomic E-state index is 0.0404. The van der Waals surface area contributed by atoms with Crippen LogP contribution >= 0.6 is 15.9 Å². The SMILES string of the molecule is CCCOC1CCCN(C(=O)c2cncc(Br)c2)C1.